The first-order chi connectivity index (χ1) is 14.4. The van der Waals surface area contributed by atoms with E-state index in [9.17, 15) is 14.4 Å². The number of benzene rings is 1. The van der Waals surface area contributed by atoms with Crippen molar-refractivity contribution in [1.29, 1.82) is 0 Å². The minimum absolute atomic E-state index is 0.229. The molecule has 7 nitrogen and oxygen atoms in total. The van der Waals surface area contributed by atoms with Crippen molar-refractivity contribution >= 4 is 51.9 Å². The van der Waals surface area contributed by atoms with Gasteiger partial charge in [-0.1, -0.05) is 30.7 Å². The molecular formula is C21H22ClN3O4S. The van der Waals surface area contributed by atoms with E-state index in [1.54, 1.807) is 31.2 Å². The van der Waals surface area contributed by atoms with Gasteiger partial charge in [-0.3, -0.25) is 9.59 Å². The van der Waals surface area contributed by atoms with Crippen molar-refractivity contribution in [2.45, 2.75) is 33.1 Å². The van der Waals surface area contributed by atoms with Crippen LogP contribution in [0.25, 0.3) is 0 Å². The fourth-order valence-electron chi connectivity index (χ4n) is 3.18. The predicted molar refractivity (Wildman–Crippen MR) is 117 cm³/mol. The van der Waals surface area contributed by atoms with Gasteiger partial charge in [-0.2, -0.15) is 5.10 Å². The highest BCUT2D eigenvalue weighted by molar-refractivity contribution is 7.17. The number of hydrazone groups is 1. The summed E-state index contributed by atoms with van der Waals surface area (Å²) in [5.41, 5.74) is 4.16. The molecule has 0 aliphatic heterocycles. The highest BCUT2D eigenvalue weighted by Gasteiger charge is 2.30. The Hall–Kier alpha value is -2.71. The van der Waals surface area contributed by atoms with Crippen molar-refractivity contribution in [3.05, 3.63) is 50.9 Å². The van der Waals surface area contributed by atoms with Crippen LogP contribution in [0.1, 0.15) is 46.6 Å². The largest absolute Gasteiger partial charge is 0.462 e. The van der Waals surface area contributed by atoms with Crippen LogP contribution in [0.5, 0.6) is 0 Å². The van der Waals surface area contributed by atoms with E-state index < -0.39 is 17.8 Å². The second-order valence-electron chi connectivity index (χ2n) is 6.98. The van der Waals surface area contributed by atoms with Crippen molar-refractivity contribution in [1.82, 2.24) is 5.43 Å². The third kappa shape index (κ3) is 5.25. The van der Waals surface area contributed by atoms with Gasteiger partial charge in [-0.15, -0.1) is 11.3 Å². The van der Waals surface area contributed by atoms with E-state index in [2.05, 4.69) is 22.8 Å². The van der Waals surface area contributed by atoms with Crippen LogP contribution in [0.4, 0.5) is 5.00 Å². The number of esters is 1. The van der Waals surface area contributed by atoms with Crippen molar-refractivity contribution in [3.63, 3.8) is 0 Å². The second kappa shape index (κ2) is 9.86. The Morgan fingerprint density at radius 2 is 2.00 bits per heavy atom. The topological polar surface area (TPSA) is 96.9 Å². The van der Waals surface area contributed by atoms with Crippen molar-refractivity contribution < 1.29 is 19.1 Å². The predicted octanol–water partition coefficient (Wildman–Crippen LogP) is 3.79. The Morgan fingerprint density at radius 3 is 2.70 bits per heavy atom. The van der Waals surface area contributed by atoms with E-state index in [1.165, 1.54) is 17.6 Å². The van der Waals surface area contributed by atoms with Gasteiger partial charge in [0, 0.05) is 9.90 Å². The average molecular weight is 448 g/mol. The van der Waals surface area contributed by atoms with Gasteiger partial charge in [0.15, 0.2) is 0 Å². The number of carbonyl (C=O) groups excluding carboxylic acids is 3. The number of thiophene rings is 1. The summed E-state index contributed by atoms with van der Waals surface area (Å²) in [4.78, 5) is 38.0. The molecule has 0 radical (unpaired) electrons. The number of amides is 2. The van der Waals surface area contributed by atoms with Gasteiger partial charge in [0.25, 0.3) is 0 Å². The summed E-state index contributed by atoms with van der Waals surface area (Å²) in [6.45, 7) is 4.10. The summed E-state index contributed by atoms with van der Waals surface area (Å²) in [7, 11) is 0. The molecule has 2 amide bonds. The summed E-state index contributed by atoms with van der Waals surface area (Å²) in [5, 5.41) is 7.26. The molecule has 0 bridgehead atoms. The molecule has 2 N–H and O–H groups in total. The van der Waals surface area contributed by atoms with E-state index >= 15 is 0 Å². The van der Waals surface area contributed by atoms with Crippen LogP contribution in [-0.2, 0) is 27.2 Å². The fraction of sp³-hybridized carbons (Fsp3) is 0.333. The molecule has 30 heavy (non-hydrogen) atoms. The zero-order valence-corrected chi connectivity index (χ0v) is 18.2. The molecule has 1 aromatic carbocycles. The Morgan fingerprint density at radius 1 is 1.27 bits per heavy atom. The monoisotopic (exact) mass is 447 g/mol. The summed E-state index contributed by atoms with van der Waals surface area (Å²) < 4.78 is 5.17. The number of ether oxygens (including phenoxy) is 1. The first kappa shape index (κ1) is 22.0. The van der Waals surface area contributed by atoms with Crippen molar-refractivity contribution in [2.24, 2.45) is 11.0 Å². The van der Waals surface area contributed by atoms with Gasteiger partial charge >= 0.3 is 17.8 Å². The summed E-state index contributed by atoms with van der Waals surface area (Å²) in [6, 6.07) is 6.82. The van der Waals surface area contributed by atoms with Crippen LogP contribution in [0.15, 0.2) is 29.4 Å². The Labute approximate surface area is 183 Å². The van der Waals surface area contributed by atoms with Crippen LogP contribution < -0.4 is 10.7 Å². The minimum Gasteiger partial charge on any atom is -0.462 e. The first-order valence-corrected chi connectivity index (χ1v) is 10.8. The Bertz CT molecular complexity index is 985. The zero-order chi connectivity index (χ0) is 21.7. The van der Waals surface area contributed by atoms with Crippen LogP contribution in [0.2, 0.25) is 5.02 Å². The van der Waals surface area contributed by atoms with E-state index in [-0.39, 0.29) is 6.61 Å². The Kier molecular flexibility index (Phi) is 7.23. The zero-order valence-electron chi connectivity index (χ0n) is 16.7. The average Bonchev–Trinajstić information content (AvgIpc) is 3.06. The maximum atomic E-state index is 12.5. The van der Waals surface area contributed by atoms with Gasteiger partial charge in [-0.25, -0.2) is 10.2 Å². The molecule has 0 fully saturated rings. The number of nitrogens with one attached hydrogen (secondary N) is 2. The van der Waals surface area contributed by atoms with Gasteiger partial charge in [0.2, 0.25) is 0 Å². The number of anilines is 1. The quantitative estimate of drug-likeness (QED) is 0.315. The lowest BCUT2D eigenvalue weighted by molar-refractivity contribution is -0.136. The normalized spacial score (nSPS) is 15.5. The number of hydrogen-bond acceptors (Lipinski definition) is 6. The summed E-state index contributed by atoms with van der Waals surface area (Å²) in [5.74, 6) is -1.82. The van der Waals surface area contributed by atoms with E-state index in [4.69, 9.17) is 16.3 Å². The molecule has 0 saturated heterocycles. The van der Waals surface area contributed by atoms with Crippen LogP contribution in [-0.4, -0.2) is 30.6 Å². The third-order valence-corrected chi connectivity index (χ3v) is 6.10. The molecule has 1 aliphatic carbocycles. The molecule has 0 spiro atoms. The molecule has 1 aromatic heterocycles. The van der Waals surface area contributed by atoms with Gasteiger partial charge in [0.05, 0.1) is 18.4 Å². The van der Waals surface area contributed by atoms with E-state index in [0.717, 1.165) is 29.7 Å². The van der Waals surface area contributed by atoms with Crippen molar-refractivity contribution in [2.75, 3.05) is 11.9 Å². The molecule has 158 valence electrons. The van der Waals surface area contributed by atoms with Gasteiger partial charge in [0.1, 0.15) is 5.00 Å². The summed E-state index contributed by atoms with van der Waals surface area (Å²) >= 11 is 7.14. The van der Waals surface area contributed by atoms with Crippen LogP contribution in [0.3, 0.4) is 0 Å². The molecule has 1 atom stereocenters. The number of carbonyl (C=O) groups is 3. The molecule has 9 heteroatoms. The molecular weight excluding hydrogens is 426 g/mol. The molecule has 1 aliphatic rings. The molecule has 2 aromatic rings. The smallest absolute Gasteiger partial charge is 0.341 e. The van der Waals surface area contributed by atoms with Crippen LogP contribution >= 0.6 is 22.9 Å². The lowest BCUT2D eigenvalue weighted by Crippen LogP contribution is -2.32. The lowest BCUT2D eigenvalue weighted by atomic mass is 9.88. The number of hydrogen-bond donors (Lipinski definition) is 2. The maximum absolute atomic E-state index is 12.5. The van der Waals surface area contributed by atoms with Gasteiger partial charge < -0.3 is 10.1 Å². The standard InChI is InChI=1S/C21H22ClN3O4S/c1-3-29-21(28)17-15-9-4-12(2)10-16(15)30-20(17)24-18(26)19(27)25-23-11-13-5-7-14(22)8-6-13/h5-8,11-12H,3-4,9-10H2,1-2H3,(H,24,26)(H,25,27)/b23-11-/t12-/m0/s1. The number of halogens is 1. The first-order valence-electron chi connectivity index (χ1n) is 9.60. The second-order valence-corrected chi connectivity index (χ2v) is 8.52. The minimum atomic E-state index is -0.935. The fourth-order valence-corrected chi connectivity index (χ4v) is 4.70. The van der Waals surface area contributed by atoms with Crippen molar-refractivity contribution in [3.8, 4) is 0 Å². The maximum Gasteiger partial charge on any atom is 0.341 e. The Balaban J connectivity index is 1.71. The molecule has 3 rings (SSSR count). The highest BCUT2D eigenvalue weighted by Crippen LogP contribution is 2.40. The third-order valence-electron chi connectivity index (χ3n) is 4.67. The highest BCUT2D eigenvalue weighted by atomic mass is 35.5. The van der Waals surface area contributed by atoms with E-state index in [1.807, 2.05) is 0 Å². The SMILES string of the molecule is CCOC(=O)c1c(NC(=O)C(=O)N/N=C\c2ccc(Cl)cc2)sc2c1CC[C@H](C)C2. The lowest BCUT2D eigenvalue weighted by Gasteiger charge is -2.18. The number of fused-ring (bicyclic) bond motifs is 1. The van der Waals surface area contributed by atoms with E-state index in [0.29, 0.717) is 27.1 Å². The summed E-state index contributed by atoms with van der Waals surface area (Å²) in [6.07, 6.45) is 3.94. The molecule has 1 heterocycles. The number of rotatable bonds is 5. The molecule has 0 saturated carbocycles. The van der Waals surface area contributed by atoms with Crippen LogP contribution in [0, 0.1) is 5.92 Å². The van der Waals surface area contributed by atoms with Gasteiger partial charge in [-0.05, 0) is 55.4 Å². The number of nitrogens with zero attached hydrogens (tertiary/aromatic N) is 1. The molecule has 0 unspecified atom stereocenters.